The molecule has 2 aromatic rings. The Morgan fingerprint density at radius 3 is 2.80 bits per heavy atom. The van der Waals surface area contributed by atoms with Gasteiger partial charge in [0, 0.05) is 18.3 Å². The fourth-order valence-electron chi connectivity index (χ4n) is 1.29. The minimum Gasteiger partial charge on any atom is -0.480 e. The van der Waals surface area contributed by atoms with Gasteiger partial charge in [-0.05, 0) is 0 Å². The first kappa shape index (κ1) is 9.38. The van der Waals surface area contributed by atoms with Crippen molar-refractivity contribution in [3.63, 3.8) is 0 Å². The van der Waals surface area contributed by atoms with Gasteiger partial charge in [0.15, 0.2) is 0 Å². The van der Waals surface area contributed by atoms with Crippen LogP contribution >= 0.6 is 0 Å². The smallest absolute Gasteiger partial charge is 0.327 e. The van der Waals surface area contributed by atoms with Crippen LogP contribution in [0.2, 0.25) is 0 Å². The lowest BCUT2D eigenvalue weighted by molar-refractivity contribution is -0.140. The van der Waals surface area contributed by atoms with Crippen LogP contribution in [0.4, 0.5) is 0 Å². The molecular weight excluding hydrogens is 198 g/mol. The molecule has 0 aromatic carbocycles. The molecule has 0 amide bonds. The molecule has 0 aliphatic rings. The first-order chi connectivity index (χ1) is 7.27. The molecule has 78 valence electrons. The Morgan fingerprint density at radius 1 is 1.53 bits per heavy atom. The van der Waals surface area contributed by atoms with E-state index < -0.39 is 12.0 Å². The average Bonchev–Trinajstić information content (AvgIpc) is 2.87. The zero-order valence-electron chi connectivity index (χ0n) is 7.74. The van der Waals surface area contributed by atoms with Gasteiger partial charge >= 0.3 is 5.97 Å². The van der Waals surface area contributed by atoms with Gasteiger partial charge < -0.3 is 14.7 Å². The van der Waals surface area contributed by atoms with Gasteiger partial charge in [-0.3, -0.25) is 0 Å². The molecule has 0 saturated carbocycles. The van der Waals surface area contributed by atoms with Crippen molar-refractivity contribution in [2.24, 2.45) is 0 Å². The van der Waals surface area contributed by atoms with Gasteiger partial charge in [0.1, 0.15) is 18.7 Å². The fraction of sp³-hybridized carbons (Fsp3) is 0.250. The van der Waals surface area contributed by atoms with E-state index in [-0.39, 0.29) is 0 Å². The molecule has 0 bridgehead atoms. The highest BCUT2D eigenvalue weighted by Crippen LogP contribution is 2.11. The predicted molar refractivity (Wildman–Crippen MR) is 49.0 cm³/mol. The Morgan fingerprint density at radius 2 is 2.27 bits per heavy atom. The van der Waals surface area contributed by atoms with E-state index in [0.29, 0.717) is 6.42 Å². The standard InChI is InChI=1S/C8H9N5O2/c14-8(15)7(13-4-11-12-5-13)1-6-2-9-3-10-6/h2-5,7H,1H2,(H,9,10)(H,14,15). The van der Waals surface area contributed by atoms with Crippen molar-refractivity contribution in [1.29, 1.82) is 0 Å². The molecule has 0 fully saturated rings. The Bertz CT molecular complexity index is 422. The van der Waals surface area contributed by atoms with E-state index >= 15 is 0 Å². The molecule has 1 atom stereocenters. The molecule has 7 nitrogen and oxygen atoms in total. The summed E-state index contributed by atoms with van der Waals surface area (Å²) in [7, 11) is 0. The number of carbonyl (C=O) groups is 1. The van der Waals surface area contributed by atoms with E-state index in [0.717, 1.165) is 5.69 Å². The monoisotopic (exact) mass is 207 g/mol. The number of aromatic nitrogens is 5. The number of nitrogens with zero attached hydrogens (tertiary/aromatic N) is 4. The second-order valence-corrected chi connectivity index (χ2v) is 3.04. The average molecular weight is 207 g/mol. The lowest BCUT2D eigenvalue weighted by Gasteiger charge is -2.11. The summed E-state index contributed by atoms with van der Waals surface area (Å²) in [5.74, 6) is -0.926. The lowest BCUT2D eigenvalue weighted by atomic mass is 10.1. The summed E-state index contributed by atoms with van der Waals surface area (Å²) in [6, 6.07) is -0.708. The third kappa shape index (κ3) is 2.01. The Labute approximate surface area is 84.8 Å². The first-order valence-electron chi connectivity index (χ1n) is 4.31. The highest BCUT2D eigenvalue weighted by molar-refractivity contribution is 5.72. The fourth-order valence-corrected chi connectivity index (χ4v) is 1.29. The minimum absolute atomic E-state index is 0.327. The molecule has 2 heterocycles. The van der Waals surface area contributed by atoms with E-state index in [4.69, 9.17) is 5.11 Å². The number of carboxylic acid groups (broad SMARTS) is 1. The predicted octanol–water partition coefficient (Wildman–Crippen LogP) is -0.130. The maximum atomic E-state index is 11.0. The van der Waals surface area contributed by atoms with Crippen molar-refractivity contribution in [3.8, 4) is 0 Å². The lowest BCUT2D eigenvalue weighted by Crippen LogP contribution is -2.20. The molecule has 2 N–H and O–H groups in total. The molecule has 0 saturated heterocycles. The number of H-pyrrole nitrogens is 1. The molecule has 1 unspecified atom stereocenters. The number of hydrogen-bond acceptors (Lipinski definition) is 4. The molecule has 2 aromatic heterocycles. The van der Waals surface area contributed by atoms with Crippen LogP contribution in [0.25, 0.3) is 0 Å². The van der Waals surface area contributed by atoms with Gasteiger partial charge in [0.05, 0.1) is 6.33 Å². The van der Waals surface area contributed by atoms with Crippen molar-refractivity contribution < 1.29 is 9.90 Å². The van der Waals surface area contributed by atoms with Crippen molar-refractivity contribution in [3.05, 3.63) is 30.9 Å². The molecule has 0 radical (unpaired) electrons. The van der Waals surface area contributed by atoms with Crippen LogP contribution in [0.5, 0.6) is 0 Å². The van der Waals surface area contributed by atoms with Crippen LogP contribution in [0, 0.1) is 0 Å². The van der Waals surface area contributed by atoms with E-state index in [9.17, 15) is 4.79 Å². The largest absolute Gasteiger partial charge is 0.480 e. The number of imidazole rings is 1. The van der Waals surface area contributed by atoms with Crippen LogP contribution in [0.1, 0.15) is 11.7 Å². The molecular formula is C8H9N5O2. The maximum Gasteiger partial charge on any atom is 0.327 e. The van der Waals surface area contributed by atoms with Crippen molar-refractivity contribution in [1.82, 2.24) is 24.7 Å². The van der Waals surface area contributed by atoms with Crippen molar-refractivity contribution in [2.75, 3.05) is 0 Å². The Kier molecular flexibility index (Phi) is 2.44. The third-order valence-corrected chi connectivity index (χ3v) is 2.05. The second-order valence-electron chi connectivity index (χ2n) is 3.04. The van der Waals surface area contributed by atoms with Crippen LogP contribution in [0.3, 0.4) is 0 Å². The summed E-state index contributed by atoms with van der Waals surface area (Å²) in [6.45, 7) is 0. The highest BCUT2D eigenvalue weighted by Gasteiger charge is 2.20. The van der Waals surface area contributed by atoms with Gasteiger partial charge in [-0.1, -0.05) is 0 Å². The van der Waals surface area contributed by atoms with Crippen molar-refractivity contribution in [2.45, 2.75) is 12.5 Å². The molecule has 2 rings (SSSR count). The van der Waals surface area contributed by atoms with E-state index in [2.05, 4.69) is 20.2 Å². The quantitative estimate of drug-likeness (QED) is 0.727. The first-order valence-corrected chi connectivity index (χ1v) is 4.31. The van der Waals surface area contributed by atoms with Crippen LogP contribution < -0.4 is 0 Å². The van der Waals surface area contributed by atoms with Gasteiger partial charge in [0.25, 0.3) is 0 Å². The Balaban J connectivity index is 2.18. The summed E-state index contributed by atoms with van der Waals surface area (Å²) in [5.41, 5.74) is 0.760. The van der Waals surface area contributed by atoms with Crippen LogP contribution in [0.15, 0.2) is 25.2 Å². The van der Waals surface area contributed by atoms with Crippen molar-refractivity contribution >= 4 is 5.97 Å². The SMILES string of the molecule is O=C(O)C(Cc1cnc[nH]1)n1cnnc1. The topological polar surface area (TPSA) is 96.7 Å². The van der Waals surface area contributed by atoms with Crippen LogP contribution in [-0.4, -0.2) is 35.8 Å². The number of aliphatic carboxylic acids is 1. The van der Waals surface area contributed by atoms with Gasteiger partial charge in [-0.15, -0.1) is 10.2 Å². The Hall–Kier alpha value is -2.18. The minimum atomic E-state index is -0.926. The van der Waals surface area contributed by atoms with Gasteiger partial charge in [-0.25, -0.2) is 9.78 Å². The zero-order chi connectivity index (χ0) is 10.7. The van der Waals surface area contributed by atoms with E-state index in [1.807, 2.05) is 0 Å². The number of rotatable bonds is 4. The molecule has 0 aliphatic carbocycles. The number of nitrogens with one attached hydrogen (secondary N) is 1. The van der Waals surface area contributed by atoms with E-state index in [1.165, 1.54) is 23.5 Å². The summed E-state index contributed by atoms with van der Waals surface area (Å²) >= 11 is 0. The zero-order valence-corrected chi connectivity index (χ0v) is 7.74. The molecule has 7 heteroatoms. The number of carboxylic acids is 1. The van der Waals surface area contributed by atoms with Gasteiger partial charge in [-0.2, -0.15) is 0 Å². The van der Waals surface area contributed by atoms with Gasteiger partial charge in [0.2, 0.25) is 0 Å². The van der Waals surface area contributed by atoms with E-state index in [1.54, 1.807) is 6.20 Å². The number of hydrogen-bond donors (Lipinski definition) is 2. The summed E-state index contributed by atoms with van der Waals surface area (Å²) in [6.07, 6.45) is 6.21. The summed E-state index contributed by atoms with van der Waals surface area (Å²) < 4.78 is 1.45. The summed E-state index contributed by atoms with van der Waals surface area (Å²) in [4.78, 5) is 17.7. The molecule has 15 heavy (non-hydrogen) atoms. The normalized spacial score (nSPS) is 12.5. The molecule has 0 aliphatic heterocycles. The second kappa shape index (κ2) is 3.91. The highest BCUT2D eigenvalue weighted by atomic mass is 16.4. The third-order valence-electron chi connectivity index (χ3n) is 2.05. The number of aromatic amines is 1. The maximum absolute atomic E-state index is 11.0. The molecule has 0 spiro atoms. The van der Waals surface area contributed by atoms with Crippen LogP contribution in [-0.2, 0) is 11.2 Å². The summed E-state index contributed by atoms with van der Waals surface area (Å²) in [5, 5.41) is 16.2.